The van der Waals surface area contributed by atoms with E-state index in [-0.39, 0.29) is 21.2 Å². The van der Waals surface area contributed by atoms with Gasteiger partial charge < -0.3 is 5.32 Å². The second kappa shape index (κ2) is 8.08. The Hall–Kier alpha value is -2.90. The quantitative estimate of drug-likeness (QED) is 0.624. The van der Waals surface area contributed by atoms with Gasteiger partial charge in [-0.25, -0.2) is 12.8 Å². The molecule has 0 aliphatic carbocycles. The van der Waals surface area contributed by atoms with Crippen LogP contribution in [-0.2, 0) is 16.4 Å². The number of para-hydroxylation sites is 1. The molecule has 5 nitrogen and oxygen atoms in total. The summed E-state index contributed by atoms with van der Waals surface area (Å²) >= 11 is 5.86. The molecule has 0 bridgehead atoms. The highest BCUT2D eigenvalue weighted by Crippen LogP contribution is 2.32. The van der Waals surface area contributed by atoms with Crippen LogP contribution < -0.4 is 9.62 Å². The summed E-state index contributed by atoms with van der Waals surface area (Å²) in [5, 5.41) is 2.70. The van der Waals surface area contributed by atoms with Crippen molar-refractivity contribution in [2.24, 2.45) is 0 Å². The molecule has 1 amide bonds. The molecule has 4 rings (SSSR count). The van der Waals surface area contributed by atoms with Crippen molar-refractivity contribution in [2.45, 2.75) is 17.7 Å². The van der Waals surface area contributed by atoms with Crippen LogP contribution in [0.5, 0.6) is 0 Å². The van der Waals surface area contributed by atoms with E-state index in [1.165, 1.54) is 40.7 Å². The van der Waals surface area contributed by atoms with Gasteiger partial charge in [0.15, 0.2) is 0 Å². The van der Waals surface area contributed by atoms with Crippen molar-refractivity contribution in [1.29, 1.82) is 0 Å². The third kappa shape index (κ3) is 3.91. The number of hydrogen-bond acceptors (Lipinski definition) is 3. The lowest BCUT2D eigenvalue weighted by molar-refractivity contribution is 0.102. The van der Waals surface area contributed by atoms with Crippen LogP contribution in [0.4, 0.5) is 15.8 Å². The van der Waals surface area contributed by atoms with Crippen molar-refractivity contribution in [3.05, 3.63) is 88.7 Å². The van der Waals surface area contributed by atoms with Gasteiger partial charge in [0.05, 0.1) is 16.3 Å². The number of halogens is 2. The van der Waals surface area contributed by atoms with Crippen LogP contribution in [0.3, 0.4) is 0 Å². The van der Waals surface area contributed by atoms with E-state index < -0.39 is 21.7 Å². The Morgan fingerprint density at radius 3 is 2.67 bits per heavy atom. The molecule has 0 spiro atoms. The fourth-order valence-corrected chi connectivity index (χ4v) is 5.22. The Labute approximate surface area is 179 Å². The predicted octanol–water partition coefficient (Wildman–Crippen LogP) is 4.87. The molecule has 1 heterocycles. The molecule has 1 aliphatic heterocycles. The highest BCUT2D eigenvalue weighted by molar-refractivity contribution is 7.92. The van der Waals surface area contributed by atoms with E-state index in [2.05, 4.69) is 5.32 Å². The number of benzene rings is 3. The largest absolute Gasteiger partial charge is 0.319 e. The first-order chi connectivity index (χ1) is 14.4. The third-order valence-electron chi connectivity index (χ3n) is 4.93. The van der Waals surface area contributed by atoms with Gasteiger partial charge in [0, 0.05) is 17.1 Å². The average Bonchev–Trinajstić information content (AvgIpc) is 2.76. The van der Waals surface area contributed by atoms with E-state index in [0.29, 0.717) is 18.7 Å². The van der Waals surface area contributed by atoms with E-state index in [4.69, 9.17) is 11.6 Å². The van der Waals surface area contributed by atoms with Crippen LogP contribution in [0.1, 0.15) is 22.3 Å². The van der Waals surface area contributed by atoms with Gasteiger partial charge in [-0.3, -0.25) is 9.10 Å². The van der Waals surface area contributed by atoms with Crippen LogP contribution in [0.25, 0.3) is 0 Å². The minimum atomic E-state index is -3.86. The van der Waals surface area contributed by atoms with E-state index in [1.54, 1.807) is 12.1 Å². The SMILES string of the molecule is O=C(Nc1cc(Cl)ccc1F)c1cccc(S(=O)(=O)N2CCCc3ccccc32)c1. The zero-order valence-corrected chi connectivity index (χ0v) is 17.4. The second-order valence-electron chi connectivity index (χ2n) is 6.92. The van der Waals surface area contributed by atoms with Crippen LogP contribution in [0.15, 0.2) is 71.6 Å². The highest BCUT2D eigenvalue weighted by atomic mass is 35.5. The molecule has 1 N–H and O–H groups in total. The summed E-state index contributed by atoms with van der Waals surface area (Å²) in [6.07, 6.45) is 1.53. The van der Waals surface area contributed by atoms with E-state index in [1.807, 2.05) is 12.1 Å². The molecule has 3 aromatic carbocycles. The maximum Gasteiger partial charge on any atom is 0.264 e. The van der Waals surface area contributed by atoms with Gasteiger partial charge in [0.25, 0.3) is 15.9 Å². The number of sulfonamides is 1. The van der Waals surface area contributed by atoms with Gasteiger partial charge in [-0.2, -0.15) is 0 Å². The monoisotopic (exact) mass is 444 g/mol. The molecule has 0 radical (unpaired) electrons. The van der Waals surface area contributed by atoms with E-state index >= 15 is 0 Å². The number of amides is 1. The van der Waals surface area contributed by atoms with Gasteiger partial charge >= 0.3 is 0 Å². The minimum Gasteiger partial charge on any atom is -0.319 e. The predicted molar refractivity (Wildman–Crippen MR) is 115 cm³/mol. The number of anilines is 2. The lowest BCUT2D eigenvalue weighted by atomic mass is 10.0. The molecule has 3 aromatic rings. The van der Waals surface area contributed by atoms with Crippen LogP contribution >= 0.6 is 11.6 Å². The summed E-state index contributed by atoms with van der Waals surface area (Å²) in [5.41, 5.74) is 1.64. The zero-order valence-electron chi connectivity index (χ0n) is 15.8. The van der Waals surface area contributed by atoms with Gasteiger partial charge in [-0.15, -0.1) is 0 Å². The van der Waals surface area contributed by atoms with Crippen molar-refractivity contribution >= 4 is 38.9 Å². The molecule has 0 saturated heterocycles. The van der Waals surface area contributed by atoms with Crippen LogP contribution in [-0.4, -0.2) is 20.9 Å². The number of nitrogens with zero attached hydrogens (tertiary/aromatic N) is 1. The standard InChI is InChI=1S/C22H18ClFN2O3S/c23-17-10-11-19(24)20(14-17)25-22(27)16-6-3-8-18(13-16)30(28,29)26-12-4-7-15-5-1-2-9-21(15)26/h1-3,5-6,8-11,13-14H,4,7,12H2,(H,25,27). The van der Waals surface area contributed by atoms with Crippen LogP contribution in [0.2, 0.25) is 5.02 Å². The number of carbonyl (C=O) groups excluding carboxylic acids is 1. The van der Waals surface area contributed by atoms with Crippen LogP contribution in [0, 0.1) is 5.82 Å². The lowest BCUT2D eigenvalue weighted by Crippen LogP contribution is -2.35. The average molecular weight is 445 g/mol. The van der Waals surface area contributed by atoms with Gasteiger partial charge in [-0.1, -0.05) is 35.9 Å². The zero-order chi connectivity index (χ0) is 21.3. The molecule has 154 valence electrons. The van der Waals surface area contributed by atoms with Crippen molar-refractivity contribution in [2.75, 3.05) is 16.2 Å². The molecule has 8 heteroatoms. The van der Waals surface area contributed by atoms with E-state index in [9.17, 15) is 17.6 Å². The van der Waals surface area contributed by atoms with Crippen molar-refractivity contribution in [3.8, 4) is 0 Å². The Bertz CT molecular complexity index is 1230. The fraction of sp³-hybridized carbons (Fsp3) is 0.136. The summed E-state index contributed by atoms with van der Waals surface area (Å²) < 4.78 is 41.9. The Balaban J connectivity index is 1.65. The number of nitrogens with one attached hydrogen (secondary N) is 1. The van der Waals surface area contributed by atoms with Gasteiger partial charge in [0.1, 0.15) is 5.82 Å². The summed E-state index contributed by atoms with van der Waals surface area (Å²) in [6, 6.07) is 16.9. The minimum absolute atomic E-state index is 0.00146. The highest BCUT2D eigenvalue weighted by Gasteiger charge is 2.29. The van der Waals surface area contributed by atoms with Crippen molar-refractivity contribution in [1.82, 2.24) is 0 Å². The third-order valence-corrected chi connectivity index (χ3v) is 6.97. The lowest BCUT2D eigenvalue weighted by Gasteiger charge is -2.30. The molecule has 0 atom stereocenters. The number of carbonyl (C=O) groups is 1. The number of aryl methyl sites for hydroxylation is 1. The fourth-order valence-electron chi connectivity index (χ4n) is 3.46. The van der Waals surface area contributed by atoms with E-state index in [0.717, 1.165) is 18.1 Å². The molecule has 0 saturated carbocycles. The Morgan fingerprint density at radius 2 is 1.83 bits per heavy atom. The summed E-state index contributed by atoms with van der Waals surface area (Å²) in [6.45, 7) is 0.365. The maximum atomic E-state index is 13.9. The normalized spacial score (nSPS) is 13.6. The van der Waals surface area contributed by atoms with Crippen molar-refractivity contribution in [3.63, 3.8) is 0 Å². The smallest absolute Gasteiger partial charge is 0.264 e. The Morgan fingerprint density at radius 1 is 1.03 bits per heavy atom. The second-order valence-corrected chi connectivity index (χ2v) is 9.21. The topological polar surface area (TPSA) is 66.5 Å². The molecule has 0 fully saturated rings. The van der Waals surface area contributed by atoms with Gasteiger partial charge in [0.2, 0.25) is 0 Å². The molecule has 0 aromatic heterocycles. The first-order valence-corrected chi connectivity index (χ1v) is 11.2. The summed E-state index contributed by atoms with van der Waals surface area (Å²) in [4.78, 5) is 12.6. The molecular formula is C22H18ClFN2O3S. The number of hydrogen-bond donors (Lipinski definition) is 1. The number of fused-ring (bicyclic) bond motifs is 1. The first-order valence-electron chi connectivity index (χ1n) is 9.33. The first kappa shape index (κ1) is 20.4. The Kier molecular flexibility index (Phi) is 5.49. The van der Waals surface area contributed by atoms with Gasteiger partial charge in [-0.05, 0) is 60.9 Å². The molecule has 30 heavy (non-hydrogen) atoms. The number of rotatable bonds is 4. The summed E-state index contributed by atoms with van der Waals surface area (Å²) in [5.74, 6) is -1.27. The molecule has 1 aliphatic rings. The maximum absolute atomic E-state index is 13.9. The van der Waals surface area contributed by atoms with Crippen molar-refractivity contribution < 1.29 is 17.6 Å². The summed E-state index contributed by atoms with van der Waals surface area (Å²) in [7, 11) is -3.86. The molecular weight excluding hydrogens is 427 g/mol. The molecule has 0 unspecified atom stereocenters.